The molecule has 1 amide bonds. The Morgan fingerprint density at radius 3 is 2.39 bits per heavy atom. The lowest BCUT2D eigenvalue weighted by molar-refractivity contribution is -0.111. The van der Waals surface area contributed by atoms with E-state index in [0.29, 0.717) is 17.1 Å². The largest absolute Gasteiger partial charge is 0.497 e. The van der Waals surface area contributed by atoms with Gasteiger partial charge in [-0.1, -0.05) is 18.2 Å². The topological polar surface area (TPSA) is 56.1 Å². The number of hydrogen-bond acceptors (Lipinski definition) is 3. The lowest BCUT2D eigenvalue weighted by atomic mass is 10.1. The van der Waals surface area contributed by atoms with Crippen molar-refractivity contribution in [2.24, 2.45) is 0 Å². The van der Waals surface area contributed by atoms with E-state index < -0.39 is 0 Å². The molecule has 0 unspecified atom stereocenters. The minimum atomic E-state index is -0.317. The molecular formula is C25H20FN3O2. The van der Waals surface area contributed by atoms with Crippen molar-refractivity contribution in [2.45, 2.75) is 0 Å². The zero-order valence-electron chi connectivity index (χ0n) is 16.8. The summed E-state index contributed by atoms with van der Waals surface area (Å²) in [6, 6.07) is 22.8. The summed E-state index contributed by atoms with van der Waals surface area (Å²) in [6.45, 7) is 0. The first-order valence-corrected chi connectivity index (χ1v) is 9.66. The predicted molar refractivity (Wildman–Crippen MR) is 120 cm³/mol. The van der Waals surface area contributed by atoms with Crippen molar-refractivity contribution in [1.82, 2.24) is 9.78 Å². The van der Waals surface area contributed by atoms with E-state index in [0.717, 1.165) is 16.8 Å². The van der Waals surface area contributed by atoms with Gasteiger partial charge in [0.1, 0.15) is 11.6 Å². The van der Waals surface area contributed by atoms with Gasteiger partial charge in [0, 0.05) is 29.1 Å². The second kappa shape index (κ2) is 9.09. The molecule has 5 nitrogen and oxygen atoms in total. The minimum Gasteiger partial charge on any atom is -0.497 e. The maximum atomic E-state index is 13.4. The van der Waals surface area contributed by atoms with Crippen molar-refractivity contribution in [3.63, 3.8) is 0 Å². The van der Waals surface area contributed by atoms with Crippen LogP contribution in [0.3, 0.4) is 0 Å². The van der Waals surface area contributed by atoms with Crippen LogP contribution in [0.4, 0.5) is 10.1 Å². The van der Waals surface area contributed by atoms with Gasteiger partial charge >= 0.3 is 0 Å². The summed E-state index contributed by atoms with van der Waals surface area (Å²) in [5.74, 6) is 0.121. The number of methoxy groups -OCH3 is 1. The number of rotatable bonds is 6. The van der Waals surface area contributed by atoms with Crippen molar-refractivity contribution in [3.05, 3.63) is 103 Å². The maximum absolute atomic E-state index is 13.4. The van der Waals surface area contributed by atoms with Crippen molar-refractivity contribution in [2.75, 3.05) is 12.4 Å². The number of halogens is 1. The third-order valence-electron chi connectivity index (χ3n) is 4.65. The van der Waals surface area contributed by atoms with Crippen LogP contribution in [0.1, 0.15) is 5.56 Å². The first kappa shape index (κ1) is 20.1. The molecule has 1 aromatic heterocycles. The van der Waals surface area contributed by atoms with Crippen LogP contribution < -0.4 is 10.1 Å². The lowest BCUT2D eigenvalue weighted by Gasteiger charge is -2.03. The van der Waals surface area contributed by atoms with Gasteiger partial charge in [-0.05, 0) is 66.7 Å². The fraction of sp³-hybridized carbons (Fsp3) is 0.0400. The summed E-state index contributed by atoms with van der Waals surface area (Å²) >= 11 is 0. The average Bonchev–Trinajstić information content (AvgIpc) is 3.24. The van der Waals surface area contributed by atoms with Crippen molar-refractivity contribution >= 4 is 17.7 Å². The van der Waals surface area contributed by atoms with Crippen LogP contribution >= 0.6 is 0 Å². The Kier molecular flexibility index (Phi) is 5.89. The van der Waals surface area contributed by atoms with E-state index in [4.69, 9.17) is 4.74 Å². The first-order chi connectivity index (χ1) is 15.1. The van der Waals surface area contributed by atoms with Crippen molar-refractivity contribution in [3.8, 4) is 22.7 Å². The molecule has 0 bridgehead atoms. The lowest BCUT2D eigenvalue weighted by Crippen LogP contribution is -2.07. The summed E-state index contributed by atoms with van der Waals surface area (Å²) in [7, 11) is 1.59. The molecule has 0 aliphatic heterocycles. The quantitative estimate of drug-likeness (QED) is 0.434. The molecule has 0 radical (unpaired) electrons. The van der Waals surface area contributed by atoms with E-state index in [1.54, 1.807) is 54.3 Å². The fourth-order valence-corrected chi connectivity index (χ4v) is 3.08. The number of benzene rings is 3. The zero-order valence-corrected chi connectivity index (χ0v) is 16.8. The Morgan fingerprint density at radius 1 is 1.00 bits per heavy atom. The van der Waals surface area contributed by atoms with Crippen molar-refractivity contribution in [1.29, 1.82) is 0 Å². The Balaban J connectivity index is 1.61. The van der Waals surface area contributed by atoms with Crippen molar-refractivity contribution < 1.29 is 13.9 Å². The van der Waals surface area contributed by atoms with Gasteiger partial charge in [-0.2, -0.15) is 5.10 Å². The number of nitrogens with zero attached hydrogens (tertiary/aromatic N) is 2. The molecule has 1 heterocycles. The molecule has 0 aliphatic carbocycles. The normalized spacial score (nSPS) is 10.9. The monoisotopic (exact) mass is 413 g/mol. The third kappa shape index (κ3) is 4.87. The second-order valence-electron chi connectivity index (χ2n) is 6.77. The number of para-hydroxylation sites is 1. The van der Waals surface area contributed by atoms with E-state index >= 15 is 0 Å². The van der Waals surface area contributed by atoms with E-state index in [9.17, 15) is 9.18 Å². The molecule has 4 aromatic rings. The number of anilines is 1. The summed E-state index contributed by atoms with van der Waals surface area (Å²) in [5.41, 5.74) is 3.69. The van der Waals surface area contributed by atoms with Gasteiger partial charge in [-0.15, -0.1) is 0 Å². The maximum Gasteiger partial charge on any atom is 0.248 e. The molecule has 3 aromatic carbocycles. The Labute approximate surface area is 179 Å². The van der Waals surface area contributed by atoms with E-state index in [-0.39, 0.29) is 11.7 Å². The molecule has 0 spiro atoms. The Morgan fingerprint density at radius 2 is 1.71 bits per heavy atom. The highest BCUT2D eigenvalue weighted by atomic mass is 19.1. The van der Waals surface area contributed by atoms with Crippen LogP contribution in [-0.4, -0.2) is 22.8 Å². The van der Waals surface area contributed by atoms with E-state index in [2.05, 4.69) is 10.4 Å². The summed E-state index contributed by atoms with van der Waals surface area (Å²) in [4.78, 5) is 12.4. The summed E-state index contributed by atoms with van der Waals surface area (Å²) in [6.07, 6.45) is 4.98. The van der Waals surface area contributed by atoms with Crippen LogP contribution in [-0.2, 0) is 4.79 Å². The highest BCUT2D eigenvalue weighted by Gasteiger charge is 2.11. The van der Waals surface area contributed by atoms with Gasteiger partial charge in [-0.3, -0.25) is 4.79 Å². The van der Waals surface area contributed by atoms with Crippen LogP contribution in [0.2, 0.25) is 0 Å². The van der Waals surface area contributed by atoms with Gasteiger partial charge < -0.3 is 10.1 Å². The van der Waals surface area contributed by atoms with Crippen LogP contribution in [0, 0.1) is 5.82 Å². The highest BCUT2D eigenvalue weighted by molar-refractivity contribution is 6.02. The molecule has 0 fully saturated rings. The molecule has 154 valence electrons. The SMILES string of the molecule is COc1ccc(NC(=O)C=Cc2cn(-c3ccccc3)nc2-c2ccc(F)cc2)cc1. The first-order valence-electron chi connectivity index (χ1n) is 9.66. The van der Waals surface area contributed by atoms with Crippen LogP contribution in [0.25, 0.3) is 23.0 Å². The molecule has 0 aliphatic rings. The third-order valence-corrected chi connectivity index (χ3v) is 4.65. The Bertz CT molecular complexity index is 1200. The second-order valence-corrected chi connectivity index (χ2v) is 6.77. The molecule has 0 saturated heterocycles. The summed E-state index contributed by atoms with van der Waals surface area (Å²) < 4.78 is 20.2. The zero-order chi connectivity index (χ0) is 21.6. The van der Waals surface area contributed by atoms with Crippen LogP contribution in [0.5, 0.6) is 5.75 Å². The molecule has 0 atom stereocenters. The molecule has 6 heteroatoms. The molecule has 31 heavy (non-hydrogen) atoms. The minimum absolute atomic E-state index is 0.275. The highest BCUT2D eigenvalue weighted by Crippen LogP contribution is 2.25. The molecular weight excluding hydrogens is 393 g/mol. The standard InChI is InChI=1S/C25H20FN3O2/c1-31-23-14-12-21(13-15-23)27-24(30)16-9-19-17-29(22-5-3-2-4-6-22)28-25(19)18-7-10-20(26)11-8-18/h2-17H,1H3,(H,27,30). The number of amides is 1. The van der Waals surface area contributed by atoms with E-state index in [1.165, 1.54) is 18.2 Å². The molecule has 1 N–H and O–H groups in total. The van der Waals surface area contributed by atoms with Gasteiger partial charge in [-0.25, -0.2) is 9.07 Å². The number of ether oxygens (including phenoxy) is 1. The summed E-state index contributed by atoms with van der Waals surface area (Å²) in [5, 5.41) is 7.47. The van der Waals surface area contributed by atoms with Gasteiger partial charge in [0.2, 0.25) is 5.91 Å². The number of carbonyl (C=O) groups is 1. The number of nitrogens with one attached hydrogen (secondary N) is 1. The number of aromatic nitrogens is 2. The van der Waals surface area contributed by atoms with E-state index in [1.807, 2.05) is 36.5 Å². The molecule has 4 rings (SSSR count). The molecule has 0 saturated carbocycles. The van der Waals surface area contributed by atoms with Gasteiger partial charge in [0.15, 0.2) is 0 Å². The number of carbonyl (C=O) groups excluding carboxylic acids is 1. The predicted octanol–water partition coefficient (Wildman–Crippen LogP) is 5.34. The fourth-order valence-electron chi connectivity index (χ4n) is 3.08. The Hall–Kier alpha value is -4.19. The van der Waals surface area contributed by atoms with Crippen LogP contribution in [0.15, 0.2) is 91.1 Å². The van der Waals surface area contributed by atoms with Gasteiger partial charge in [0.25, 0.3) is 0 Å². The number of hydrogen-bond donors (Lipinski definition) is 1. The smallest absolute Gasteiger partial charge is 0.248 e. The average molecular weight is 413 g/mol. The van der Waals surface area contributed by atoms with Gasteiger partial charge in [0.05, 0.1) is 18.5 Å².